The van der Waals surface area contributed by atoms with Gasteiger partial charge in [0.2, 0.25) is 5.91 Å². The Morgan fingerprint density at radius 3 is 2.43 bits per heavy atom. The number of fused-ring (bicyclic) bond motifs is 1. The van der Waals surface area contributed by atoms with E-state index < -0.39 is 20.0 Å². The van der Waals surface area contributed by atoms with Crippen molar-refractivity contribution in [3.63, 3.8) is 0 Å². The normalized spacial score (nSPS) is 24.1. The first-order chi connectivity index (χ1) is 14.2. The summed E-state index contributed by atoms with van der Waals surface area (Å²) in [5, 5.41) is 0.509. The van der Waals surface area contributed by atoms with Crippen LogP contribution in [0.1, 0.15) is 33.6 Å². The van der Waals surface area contributed by atoms with Gasteiger partial charge in [-0.25, -0.2) is 8.42 Å². The monoisotopic (exact) mass is 450 g/mol. The minimum Gasteiger partial charge on any atom is -0.353 e. The van der Waals surface area contributed by atoms with E-state index in [1.165, 1.54) is 23.9 Å². The third kappa shape index (κ3) is 3.61. The van der Waals surface area contributed by atoms with Gasteiger partial charge >= 0.3 is 0 Å². The summed E-state index contributed by atoms with van der Waals surface area (Å²) in [5.74, 6) is 0.833. The van der Waals surface area contributed by atoms with E-state index in [2.05, 4.69) is 38.4 Å². The van der Waals surface area contributed by atoms with Gasteiger partial charge < -0.3 is 9.80 Å². The van der Waals surface area contributed by atoms with Crippen molar-refractivity contribution >= 4 is 43.2 Å². The number of rotatable bonds is 6. The highest BCUT2D eigenvalue weighted by Crippen LogP contribution is 2.34. The lowest BCUT2D eigenvalue weighted by molar-refractivity contribution is -0.132. The molecular formula is C21H30N4O3S2. The molecule has 2 aromatic rings. The molecule has 30 heavy (non-hydrogen) atoms. The zero-order valence-corrected chi connectivity index (χ0v) is 19.5. The molecule has 1 amide bonds. The summed E-state index contributed by atoms with van der Waals surface area (Å²) in [6.07, 6.45) is 1.77. The number of sulfone groups is 1. The molecule has 3 heterocycles. The lowest BCUT2D eigenvalue weighted by Crippen LogP contribution is -2.47. The average molecular weight is 451 g/mol. The Morgan fingerprint density at radius 1 is 1.10 bits per heavy atom. The van der Waals surface area contributed by atoms with Gasteiger partial charge in [-0.05, 0) is 63.8 Å². The third-order valence-corrected chi connectivity index (χ3v) is 10.1. The summed E-state index contributed by atoms with van der Waals surface area (Å²) in [4.78, 5) is 18.9. The third-order valence-electron chi connectivity index (χ3n) is 6.53. The van der Waals surface area contributed by atoms with Gasteiger partial charge in [-0.1, -0.05) is 12.1 Å². The van der Waals surface area contributed by atoms with Crippen LogP contribution in [0, 0.1) is 0 Å². The molecular weight excluding hydrogens is 420 g/mol. The van der Waals surface area contributed by atoms with E-state index in [9.17, 15) is 13.2 Å². The average Bonchev–Trinajstić information content (AvgIpc) is 3.21. The number of hydrogen-bond donors (Lipinski definition) is 0. The molecule has 7 nitrogen and oxygen atoms in total. The quantitative estimate of drug-likeness (QED) is 0.630. The summed E-state index contributed by atoms with van der Waals surface area (Å²) in [5.41, 5.74) is 0. The van der Waals surface area contributed by atoms with E-state index in [0.29, 0.717) is 6.54 Å². The van der Waals surface area contributed by atoms with Crippen molar-refractivity contribution in [2.24, 2.45) is 0 Å². The number of nitrogens with zero attached hydrogens (tertiary/aromatic N) is 4. The molecule has 1 atom stereocenters. The second kappa shape index (κ2) is 8.09. The van der Waals surface area contributed by atoms with Crippen molar-refractivity contribution in [3.05, 3.63) is 24.3 Å². The molecule has 2 aliphatic rings. The van der Waals surface area contributed by atoms with Crippen LogP contribution in [-0.2, 0) is 14.6 Å². The predicted molar refractivity (Wildman–Crippen MR) is 122 cm³/mol. The highest BCUT2D eigenvalue weighted by atomic mass is 32.2. The predicted octanol–water partition coefficient (Wildman–Crippen LogP) is 2.58. The van der Waals surface area contributed by atoms with Crippen LogP contribution in [0.15, 0.2) is 24.3 Å². The van der Waals surface area contributed by atoms with Crippen molar-refractivity contribution < 1.29 is 13.2 Å². The molecule has 0 aliphatic carbocycles. The molecule has 2 saturated heterocycles. The number of piperazine rings is 1. The molecule has 0 N–H and O–H groups in total. The second-order valence-electron chi connectivity index (χ2n) is 8.69. The number of aromatic nitrogens is 1. The van der Waals surface area contributed by atoms with E-state index in [-0.39, 0.29) is 5.91 Å². The Labute approximate surface area is 182 Å². The van der Waals surface area contributed by atoms with Gasteiger partial charge in [-0.15, -0.1) is 0 Å². The van der Waals surface area contributed by atoms with Gasteiger partial charge in [-0.3, -0.25) is 9.69 Å². The van der Waals surface area contributed by atoms with Gasteiger partial charge in [0, 0.05) is 38.1 Å². The Kier molecular flexibility index (Phi) is 5.80. The number of carbonyl (C=O) groups is 1. The first kappa shape index (κ1) is 21.5. The van der Waals surface area contributed by atoms with Crippen molar-refractivity contribution in [2.75, 3.05) is 44.2 Å². The molecule has 0 spiro atoms. The van der Waals surface area contributed by atoms with Gasteiger partial charge in [0.25, 0.3) is 0 Å². The first-order valence-electron chi connectivity index (χ1n) is 10.6. The van der Waals surface area contributed by atoms with E-state index >= 15 is 0 Å². The first-order valence-corrected chi connectivity index (χ1v) is 12.9. The van der Waals surface area contributed by atoms with Crippen molar-refractivity contribution in [1.82, 2.24) is 14.2 Å². The molecule has 0 bridgehead atoms. The fraction of sp³-hybridized carbons (Fsp3) is 0.619. The van der Waals surface area contributed by atoms with Crippen molar-refractivity contribution in [2.45, 2.75) is 43.7 Å². The molecule has 4 rings (SSSR count). The van der Waals surface area contributed by atoms with Gasteiger partial charge in [0.1, 0.15) is 15.9 Å². The van der Waals surface area contributed by atoms with Crippen LogP contribution < -0.4 is 4.90 Å². The maximum absolute atomic E-state index is 12.5. The van der Waals surface area contributed by atoms with E-state index in [0.717, 1.165) is 51.4 Å². The Balaban J connectivity index is 1.24. The van der Waals surface area contributed by atoms with Gasteiger partial charge in [0.05, 0.1) is 4.70 Å². The molecule has 1 aromatic heterocycles. The minimum atomic E-state index is -3.45. The molecule has 2 fully saturated rings. The highest BCUT2D eigenvalue weighted by molar-refractivity contribution is 7.94. The number of hydrogen-bond acceptors (Lipinski definition) is 7. The number of amides is 1. The maximum Gasteiger partial charge on any atom is 0.244 e. The minimum absolute atomic E-state index is 0.265. The van der Waals surface area contributed by atoms with Crippen molar-refractivity contribution in [1.29, 1.82) is 0 Å². The Bertz CT molecular complexity index is 1030. The van der Waals surface area contributed by atoms with Crippen LogP contribution in [0.25, 0.3) is 10.1 Å². The summed E-state index contributed by atoms with van der Waals surface area (Å²) >= 11 is 1.56. The number of unbranched alkanes of at least 4 members (excludes halogenated alkanes) is 1. The molecule has 2 aliphatic heterocycles. The van der Waals surface area contributed by atoms with Gasteiger partial charge in [0.15, 0.2) is 9.84 Å². The standard InChI is InChI=1S/C21H30N4O3S2/c1-16-25(20(26)21(2,3)30(16,27)28)11-7-6-10-23-12-14-24(15-13-23)19-17-8-4-5-9-18(17)29-22-19/h4-5,8-9,16H,6-7,10-15H2,1-3H3. The summed E-state index contributed by atoms with van der Waals surface area (Å²) in [6, 6.07) is 8.37. The lowest BCUT2D eigenvalue weighted by atomic mass is 10.1. The lowest BCUT2D eigenvalue weighted by Gasteiger charge is -2.35. The summed E-state index contributed by atoms with van der Waals surface area (Å²) in [6.45, 7) is 10.1. The number of carbonyl (C=O) groups excluding carboxylic acids is 1. The van der Waals surface area contributed by atoms with E-state index in [4.69, 9.17) is 0 Å². The molecule has 0 saturated carbocycles. The number of benzene rings is 1. The topological polar surface area (TPSA) is 73.8 Å². The van der Waals surface area contributed by atoms with Crippen LogP contribution in [0.2, 0.25) is 0 Å². The van der Waals surface area contributed by atoms with Crippen LogP contribution in [0.5, 0.6) is 0 Å². The molecule has 0 radical (unpaired) electrons. The molecule has 9 heteroatoms. The molecule has 164 valence electrons. The Hall–Kier alpha value is -1.71. The number of anilines is 1. The van der Waals surface area contributed by atoms with Crippen LogP contribution in [0.4, 0.5) is 5.82 Å². The Morgan fingerprint density at radius 2 is 1.77 bits per heavy atom. The molecule has 1 aromatic carbocycles. The fourth-order valence-electron chi connectivity index (χ4n) is 4.41. The fourth-order valence-corrected chi connectivity index (χ4v) is 6.96. The van der Waals surface area contributed by atoms with E-state index in [1.807, 2.05) is 0 Å². The largest absolute Gasteiger partial charge is 0.353 e. The van der Waals surface area contributed by atoms with Crippen LogP contribution in [0.3, 0.4) is 0 Å². The van der Waals surface area contributed by atoms with Crippen LogP contribution >= 0.6 is 11.5 Å². The highest BCUT2D eigenvalue weighted by Gasteiger charge is 2.56. The molecule has 1 unspecified atom stereocenters. The summed E-state index contributed by atoms with van der Waals surface area (Å²) < 4.78 is 29.5. The van der Waals surface area contributed by atoms with Gasteiger partial charge in [-0.2, -0.15) is 4.37 Å². The zero-order chi connectivity index (χ0) is 21.5. The summed E-state index contributed by atoms with van der Waals surface area (Å²) in [7, 11) is -3.45. The maximum atomic E-state index is 12.5. The van der Waals surface area contributed by atoms with Crippen LogP contribution in [-0.4, -0.2) is 77.9 Å². The SMILES string of the molecule is CC1N(CCCCN2CCN(c3nsc4ccccc34)CC2)C(=O)C(C)(C)S1(=O)=O. The smallest absolute Gasteiger partial charge is 0.244 e. The second-order valence-corrected chi connectivity index (χ2v) is 12.3. The van der Waals surface area contributed by atoms with E-state index in [1.54, 1.807) is 23.4 Å². The zero-order valence-electron chi connectivity index (χ0n) is 17.9. The van der Waals surface area contributed by atoms with Crippen molar-refractivity contribution in [3.8, 4) is 0 Å².